The molecular weight excluding hydrogens is 323 g/mol. The topological polar surface area (TPSA) is 86.6 Å². The van der Waals surface area contributed by atoms with Crippen LogP contribution in [0.2, 0.25) is 0 Å². The molecular formula is C19H15FN2O3. The van der Waals surface area contributed by atoms with E-state index >= 15 is 0 Å². The fraction of sp³-hybridized carbons (Fsp3) is 0.211. The fourth-order valence-electron chi connectivity index (χ4n) is 2.86. The van der Waals surface area contributed by atoms with Crippen LogP contribution in [0.25, 0.3) is 16.5 Å². The van der Waals surface area contributed by atoms with Crippen molar-refractivity contribution in [3.63, 3.8) is 0 Å². The molecule has 126 valence electrons. The molecule has 0 spiro atoms. The number of furan rings is 1. The van der Waals surface area contributed by atoms with E-state index in [2.05, 4.69) is 11.1 Å². The summed E-state index contributed by atoms with van der Waals surface area (Å²) in [5.74, 6) is -1.94. The normalized spacial score (nSPS) is 18.2. The molecule has 1 aliphatic heterocycles. The molecule has 1 aromatic heterocycles. The Morgan fingerprint density at radius 1 is 1.44 bits per heavy atom. The van der Waals surface area contributed by atoms with E-state index < -0.39 is 17.4 Å². The Kier molecular flexibility index (Phi) is 4.24. The Hall–Kier alpha value is -3.20. The molecule has 2 aromatic rings. The van der Waals surface area contributed by atoms with E-state index in [1.165, 1.54) is 20.1 Å². The van der Waals surface area contributed by atoms with Crippen LogP contribution in [0.3, 0.4) is 0 Å². The molecule has 3 rings (SSSR count). The highest BCUT2D eigenvalue weighted by molar-refractivity contribution is 6.13. The van der Waals surface area contributed by atoms with Crippen molar-refractivity contribution in [3.8, 4) is 6.07 Å². The molecule has 1 aromatic carbocycles. The van der Waals surface area contributed by atoms with Crippen molar-refractivity contribution in [2.24, 2.45) is 4.99 Å². The molecule has 0 saturated heterocycles. The lowest BCUT2D eigenvalue weighted by Crippen LogP contribution is -2.07. The molecule has 0 aliphatic carbocycles. The van der Waals surface area contributed by atoms with Crippen molar-refractivity contribution < 1.29 is 18.7 Å². The van der Waals surface area contributed by atoms with Gasteiger partial charge < -0.3 is 9.52 Å². The summed E-state index contributed by atoms with van der Waals surface area (Å²) in [6.07, 6.45) is 1.64. The van der Waals surface area contributed by atoms with Crippen LogP contribution in [0.4, 0.5) is 4.39 Å². The van der Waals surface area contributed by atoms with Crippen LogP contribution in [0, 0.1) is 11.3 Å². The molecule has 0 unspecified atom stereocenters. The number of aliphatic hydroxyl groups is 1. The third-order valence-electron chi connectivity index (χ3n) is 4.16. The van der Waals surface area contributed by atoms with E-state index in [0.29, 0.717) is 29.5 Å². The highest BCUT2D eigenvalue weighted by Crippen LogP contribution is 2.36. The summed E-state index contributed by atoms with van der Waals surface area (Å²) in [4.78, 5) is 15.8. The number of Topliss-reactive ketones (excluding diaryl/α,β-unsaturated/α-hetero) is 1. The number of ketones is 1. The van der Waals surface area contributed by atoms with Gasteiger partial charge in [-0.15, -0.1) is 0 Å². The van der Waals surface area contributed by atoms with Gasteiger partial charge in [0.15, 0.2) is 23.0 Å². The Labute approximate surface area is 143 Å². The van der Waals surface area contributed by atoms with E-state index in [4.69, 9.17) is 4.42 Å². The minimum Gasteiger partial charge on any atom is -0.504 e. The van der Waals surface area contributed by atoms with Crippen molar-refractivity contribution >= 4 is 28.5 Å². The Bertz CT molecular complexity index is 1020. The number of para-hydroxylation sites is 1. The van der Waals surface area contributed by atoms with Crippen LogP contribution in [0.5, 0.6) is 0 Å². The summed E-state index contributed by atoms with van der Waals surface area (Å²) in [5, 5.41) is 20.1. The highest BCUT2D eigenvalue weighted by atomic mass is 19.1. The van der Waals surface area contributed by atoms with E-state index in [1.54, 1.807) is 18.2 Å². The standard InChI is InChI=1S/C19H15FN2O3/c1-10-16(20)17(24)15(11(2)23)9-22-7-6-14-13-5-3-4-12(8-21)19(13)25-18(10)14/h3-5,9,24H,6-7H2,1-2H3/b16-10-,17-15?,22-9?. The SMILES string of the molecule is CC(=O)C1=C(O)/C(F)=C(\C)c2oc3c(C#N)cccc3c2CCN=C1. The molecule has 1 N–H and O–H groups in total. The summed E-state index contributed by atoms with van der Waals surface area (Å²) < 4.78 is 20.5. The Morgan fingerprint density at radius 3 is 2.88 bits per heavy atom. The summed E-state index contributed by atoms with van der Waals surface area (Å²) >= 11 is 0. The van der Waals surface area contributed by atoms with Gasteiger partial charge in [0.1, 0.15) is 11.8 Å². The number of benzene rings is 1. The molecule has 0 fully saturated rings. The van der Waals surface area contributed by atoms with Gasteiger partial charge >= 0.3 is 0 Å². The van der Waals surface area contributed by atoms with Gasteiger partial charge in [-0.2, -0.15) is 5.26 Å². The van der Waals surface area contributed by atoms with E-state index in [0.717, 1.165) is 5.56 Å². The summed E-state index contributed by atoms with van der Waals surface area (Å²) in [6.45, 7) is 3.03. The average Bonchev–Trinajstić information content (AvgIpc) is 2.97. The van der Waals surface area contributed by atoms with Gasteiger partial charge in [-0.3, -0.25) is 9.79 Å². The van der Waals surface area contributed by atoms with E-state index in [1.807, 2.05) is 0 Å². The largest absolute Gasteiger partial charge is 0.504 e. The summed E-state index contributed by atoms with van der Waals surface area (Å²) in [5.41, 5.74) is 1.33. The lowest BCUT2D eigenvalue weighted by molar-refractivity contribution is -0.113. The average molecular weight is 338 g/mol. The van der Waals surface area contributed by atoms with Crippen LogP contribution in [-0.2, 0) is 11.2 Å². The van der Waals surface area contributed by atoms with Gasteiger partial charge in [-0.05, 0) is 26.3 Å². The number of rotatable bonds is 1. The second-order valence-electron chi connectivity index (χ2n) is 5.75. The molecule has 6 heteroatoms. The molecule has 25 heavy (non-hydrogen) atoms. The molecule has 0 saturated carbocycles. The van der Waals surface area contributed by atoms with Gasteiger partial charge in [0, 0.05) is 29.3 Å². The first-order valence-corrected chi connectivity index (χ1v) is 7.71. The molecule has 0 bridgehead atoms. The van der Waals surface area contributed by atoms with Gasteiger partial charge in [0.25, 0.3) is 0 Å². The zero-order valence-electron chi connectivity index (χ0n) is 13.8. The summed E-state index contributed by atoms with van der Waals surface area (Å²) in [7, 11) is 0. The predicted molar refractivity (Wildman–Crippen MR) is 92.0 cm³/mol. The third-order valence-corrected chi connectivity index (χ3v) is 4.16. The number of nitrogens with zero attached hydrogens (tertiary/aromatic N) is 2. The maximum absolute atomic E-state index is 14.8. The number of carbonyl (C=O) groups is 1. The predicted octanol–water partition coefficient (Wildman–Crippen LogP) is 4.03. The minimum atomic E-state index is -0.947. The number of allylic oxidation sites excluding steroid dienone is 3. The first-order valence-electron chi connectivity index (χ1n) is 7.71. The van der Waals surface area contributed by atoms with Gasteiger partial charge in [-0.1, -0.05) is 12.1 Å². The van der Waals surface area contributed by atoms with Crippen molar-refractivity contribution in [3.05, 3.63) is 52.2 Å². The van der Waals surface area contributed by atoms with E-state index in [9.17, 15) is 19.6 Å². The molecule has 0 radical (unpaired) electrons. The van der Waals surface area contributed by atoms with Crippen molar-refractivity contribution in [1.82, 2.24) is 0 Å². The first kappa shape index (κ1) is 16.7. The number of nitriles is 1. The molecule has 2 heterocycles. The number of aliphatic imine (C=N–C) groups is 1. The number of carbonyl (C=O) groups excluding carboxylic acids is 1. The van der Waals surface area contributed by atoms with Gasteiger partial charge in [0.2, 0.25) is 0 Å². The monoisotopic (exact) mass is 338 g/mol. The van der Waals surface area contributed by atoms with Crippen molar-refractivity contribution in [2.45, 2.75) is 20.3 Å². The zero-order chi connectivity index (χ0) is 18.1. The number of aliphatic hydroxyl groups excluding tert-OH is 1. The Morgan fingerprint density at radius 2 is 2.20 bits per heavy atom. The van der Waals surface area contributed by atoms with Crippen LogP contribution in [0.15, 0.2) is 44.8 Å². The van der Waals surface area contributed by atoms with Crippen LogP contribution < -0.4 is 0 Å². The smallest absolute Gasteiger partial charge is 0.172 e. The maximum Gasteiger partial charge on any atom is 0.172 e. The highest BCUT2D eigenvalue weighted by Gasteiger charge is 2.23. The minimum absolute atomic E-state index is 0.0710. The number of halogens is 1. The number of hydrogen-bond donors (Lipinski definition) is 1. The maximum atomic E-state index is 14.8. The Balaban J connectivity index is 2.35. The second kappa shape index (κ2) is 6.36. The number of fused-ring (bicyclic) bond motifs is 3. The van der Waals surface area contributed by atoms with E-state index in [-0.39, 0.29) is 16.9 Å². The van der Waals surface area contributed by atoms with Crippen molar-refractivity contribution in [1.29, 1.82) is 5.26 Å². The quantitative estimate of drug-likeness (QED) is 0.850. The fourth-order valence-corrected chi connectivity index (χ4v) is 2.86. The first-order chi connectivity index (χ1) is 12.0. The lowest BCUT2D eigenvalue weighted by atomic mass is 10.0. The van der Waals surface area contributed by atoms with Crippen LogP contribution >= 0.6 is 0 Å². The number of hydrogen-bond acceptors (Lipinski definition) is 5. The zero-order valence-corrected chi connectivity index (χ0v) is 13.8. The third kappa shape index (κ3) is 2.74. The van der Waals surface area contributed by atoms with Crippen molar-refractivity contribution in [2.75, 3.05) is 6.54 Å². The molecule has 0 atom stereocenters. The van der Waals surface area contributed by atoms with Gasteiger partial charge in [0.05, 0.1) is 11.1 Å². The second-order valence-corrected chi connectivity index (χ2v) is 5.75. The molecule has 5 nitrogen and oxygen atoms in total. The van der Waals surface area contributed by atoms with Crippen LogP contribution in [-0.4, -0.2) is 23.6 Å². The molecule has 1 aliphatic rings. The molecule has 0 amide bonds. The van der Waals surface area contributed by atoms with Crippen LogP contribution in [0.1, 0.15) is 30.7 Å². The summed E-state index contributed by atoms with van der Waals surface area (Å²) in [6, 6.07) is 7.21. The van der Waals surface area contributed by atoms with Gasteiger partial charge in [-0.25, -0.2) is 4.39 Å². The lowest BCUT2D eigenvalue weighted by Gasteiger charge is -2.08.